The fraction of sp³-hybridized carbons (Fsp3) is 0.200. The molecular formula is C15H16ClN3O2. The Labute approximate surface area is 127 Å². The van der Waals surface area contributed by atoms with Gasteiger partial charge in [0.15, 0.2) is 5.43 Å². The van der Waals surface area contributed by atoms with Crippen molar-refractivity contribution in [2.75, 3.05) is 24.3 Å². The highest BCUT2D eigenvalue weighted by Crippen LogP contribution is 2.28. The molecule has 0 bridgehead atoms. The second kappa shape index (κ2) is 6.01. The number of rotatable bonds is 3. The van der Waals surface area contributed by atoms with Gasteiger partial charge in [0.25, 0.3) is 5.91 Å². The van der Waals surface area contributed by atoms with Crippen LogP contribution in [0.1, 0.15) is 16.1 Å². The van der Waals surface area contributed by atoms with E-state index in [4.69, 9.17) is 11.6 Å². The molecule has 0 aliphatic heterocycles. The third kappa shape index (κ3) is 3.44. The molecule has 0 spiro atoms. The van der Waals surface area contributed by atoms with Crippen molar-refractivity contribution in [3.63, 3.8) is 0 Å². The van der Waals surface area contributed by atoms with E-state index in [1.54, 1.807) is 25.1 Å². The largest absolute Gasteiger partial charge is 0.376 e. The van der Waals surface area contributed by atoms with Crippen LogP contribution in [0.25, 0.3) is 0 Å². The molecule has 2 rings (SSSR count). The van der Waals surface area contributed by atoms with Crippen LogP contribution in [0.3, 0.4) is 0 Å². The molecule has 0 unspecified atom stereocenters. The lowest BCUT2D eigenvalue weighted by molar-refractivity contribution is 0.102. The van der Waals surface area contributed by atoms with Crippen LogP contribution in [0.4, 0.5) is 11.4 Å². The molecule has 0 fully saturated rings. The van der Waals surface area contributed by atoms with Gasteiger partial charge in [0.05, 0.1) is 11.4 Å². The van der Waals surface area contributed by atoms with Crippen LogP contribution in [0.2, 0.25) is 5.02 Å². The topological polar surface area (TPSA) is 65.2 Å². The first-order valence-electron chi connectivity index (χ1n) is 6.36. The predicted molar refractivity (Wildman–Crippen MR) is 85.5 cm³/mol. The average molecular weight is 306 g/mol. The number of hydrogen-bond donors (Lipinski definition) is 2. The number of aromatic amines is 1. The summed E-state index contributed by atoms with van der Waals surface area (Å²) in [4.78, 5) is 28.8. The summed E-state index contributed by atoms with van der Waals surface area (Å²) in [5, 5.41) is 3.23. The van der Waals surface area contributed by atoms with Gasteiger partial charge in [-0.25, -0.2) is 0 Å². The van der Waals surface area contributed by atoms with Crippen molar-refractivity contribution in [2.45, 2.75) is 6.92 Å². The molecule has 1 heterocycles. The minimum Gasteiger partial charge on any atom is -0.376 e. The number of carbonyl (C=O) groups excluding carboxylic acids is 1. The molecule has 0 atom stereocenters. The highest BCUT2D eigenvalue weighted by Gasteiger charge is 2.13. The number of hydrogen-bond acceptors (Lipinski definition) is 3. The van der Waals surface area contributed by atoms with Crippen LogP contribution in [0.5, 0.6) is 0 Å². The molecule has 2 aromatic rings. The summed E-state index contributed by atoms with van der Waals surface area (Å²) < 4.78 is 0. The molecule has 6 heteroatoms. The number of amides is 1. The number of carbonyl (C=O) groups is 1. The zero-order valence-electron chi connectivity index (χ0n) is 12.0. The number of nitrogens with zero attached hydrogens (tertiary/aromatic N) is 1. The molecule has 0 aliphatic carbocycles. The van der Waals surface area contributed by atoms with Gasteiger partial charge in [0, 0.05) is 37.1 Å². The van der Waals surface area contributed by atoms with E-state index in [9.17, 15) is 9.59 Å². The van der Waals surface area contributed by atoms with Crippen molar-refractivity contribution in [2.24, 2.45) is 0 Å². The maximum atomic E-state index is 12.2. The van der Waals surface area contributed by atoms with Crippen LogP contribution >= 0.6 is 11.6 Å². The molecule has 0 saturated carbocycles. The molecule has 1 aromatic carbocycles. The molecule has 5 nitrogen and oxygen atoms in total. The van der Waals surface area contributed by atoms with E-state index in [2.05, 4.69) is 10.3 Å². The van der Waals surface area contributed by atoms with E-state index in [1.807, 2.05) is 19.0 Å². The predicted octanol–water partition coefficient (Wildman–Crippen LogP) is 2.66. The Bertz CT molecular complexity index is 738. The molecule has 0 aliphatic rings. The number of benzene rings is 1. The number of aryl methyl sites for hydroxylation is 1. The van der Waals surface area contributed by atoms with Gasteiger partial charge in [-0.3, -0.25) is 9.59 Å². The highest BCUT2D eigenvalue weighted by atomic mass is 35.5. The van der Waals surface area contributed by atoms with Crippen molar-refractivity contribution in [3.8, 4) is 0 Å². The number of H-pyrrole nitrogens is 1. The lowest BCUT2D eigenvalue weighted by Crippen LogP contribution is -2.23. The summed E-state index contributed by atoms with van der Waals surface area (Å²) in [5.74, 6) is -0.471. The van der Waals surface area contributed by atoms with Crippen LogP contribution < -0.4 is 15.6 Å². The molecule has 110 valence electrons. The molecule has 2 N–H and O–H groups in total. The quantitative estimate of drug-likeness (QED) is 0.916. The minimum absolute atomic E-state index is 0.0604. The second-order valence-corrected chi connectivity index (χ2v) is 5.34. The SMILES string of the molecule is Cc1cc(=O)c(C(=O)Nc2cc(Cl)ccc2N(C)C)c[nH]1. The maximum Gasteiger partial charge on any atom is 0.261 e. The number of anilines is 2. The van der Waals surface area contributed by atoms with Gasteiger partial charge in [0.1, 0.15) is 5.56 Å². The molecule has 0 saturated heterocycles. The van der Waals surface area contributed by atoms with Crippen LogP contribution in [0.15, 0.2) is 35.3 Å². The zero-order chi connectivity index (χ0) is 15.6. The van der Waals surface area contributed by atoms with Crippen molar-refractivity contribution in [1.29, 1.82) is 0 Å². The summed E-state index contributed by atoms with van der Waals surface area (Å²) >= 11 is 5.97. The molecule has 1 amide bonds. The molecular weight excluding hydrogens is 290 g/mol. The van der Waals surface area contributed by atoms with Gasteiger partial charge >= 0.3 is 0 Å². The Morgan fingerprint density at radius 1 is 1.29 bits per heavy atom. The highest BCUT2D eigenvalue weighted by molar-refractivity contribution is 6.31. The smallest absolute Gasteiger partial charge is 0.261 e. The van der Waals surface area contributed by atoms with Gasteiger partial charge in [0.2, 0.25) is 0 Å². The standard InChI is InChI=1S/C15H16ClN3O2/c1-9-6-14(20)11(8-17-9)15(21)18-12-7-10(16)4-5-13(12)19(2)3/h4-8H,1-3H3,(H,17,20)(H,18,21). The van der Waals surface area contributed by atoms with Crippen LogP contribution in [0, 0.1) is 6.92 Å². The van der Waals surface area contributed by atoms with Gasteiger partial charge in [-0.2, -0.15) is 0 Å². The number of aromatic nitrogens is 1. The summed E-state index contributed by atoms with van der Waals surface area (Å²) in [6.45, 7) is 1.75. The average Bonchev–Trinajstić information content (AvgIpc) is 2.37. The summed E-state index contributed by atoms with van der Waals surface area (Å²) in [7, 11) is 3.72. The zero-order valence-corrected chi connectivity index (χ0v) is 12.8. The Balaban J connectivity index is 2.35. The van der Waals surface area contributed by atoms with E-state index in [0.29, 0.717) is 16.4 Å². The van der Waals surface area contributed by atoms with Crippen LogP contribution in [-0.2, 0) is 0 Å². The first kappa shape index (κ1) is 15.1. The second-order valence-electron chi connectivity index (χ2n) is 4.90. The maximum absolute atomic E-state index is 12.2. The Hall–Kier alpha value is -2.27. The van der Waals surface area contributed by atoms with Gasteiger partial charge in [-0.05, 0) is 25.1 Å². The molecule has 21 heavy (non-hydrogen) atoms. The van der Waals surface area contributed by atoms with Gasteiger partial charge in [-0.1, -0.05) is 11.6 Å². The summed E-state index contributed by atoms with van der Waals surface area (Å²) in [6, 6.07) is 6.58. The first-order valence-corrected chi connectivity index (χ1v) is 6.74. The van der Waals surface area contributed by atoms with Crippen molar-refractivity contribution in [3.05, 3.63) is 57.0 Å². The molecule has 1 aromatic heterocycles. The summed E-state index contributed by atoms with van der Waals surface area (Å²) in [5.41, 5.74) is 1.80. The number of pyridine rings is 1. The van der Waals surface area contributed by atoms with E-state index >= 15 is 0 Å². The minimum atomic E-state index is -0.471. The van der Waals surface area contributed by atoms with Gasteiger partial charge in [-0.15, -0.1) is 0 Å². The summed E-state index contributed by atoms with van der Waals surface area (Å²) in [6.07, 6.45) is 1.41. The fourth-order valence-corrected chi connectivity index (χ4v) is 2.11. The van der Waals surface area contributed by atoms with Crippen molar-refractivity contribution >= 4 is 28.9 Å². The Morgan fingerprint density at radius 3 is 2.62 bits per heavy atom. The first-order chi connectivity index (χ1) is 9.88. The van der Waals surface area contributed by atoms with Crippen molar-refractivity contribution in [1.82, 2.24) is 4.98 Å². The van der Waals surface area contributed by atoms with E-state index < -0.39 is 5.91 Å². The lowest BCUT2D eigenvalue weighted by Gasteiger charge is -2.18. The number of halogens is 1. The third-order valence-corrected chi connectivity index (χ3v) is 3.23. The monoisotopic (exact) mass is 305 g/mol. The van der Waals surface area contributed by atoms with Gasteiger partial charge < -0.3 is 15.2 Å². The number of nitrogens with one attached hydrogen (secondary N) is 2. The molecule has 0 radical (unpaired) electrons. The fourth-order valence-electron chi connectivity index (χ4n) is 1.94. The van der Waals surface area contributed by atoms with E-state index in [-0.39, 0.29) is 11.0 Å². The van der Waals surface area contributed by atoms with Crippen LogP contribution in [-0.4, -0.2) is 25.0 Å². The Kier molecular flexibility index (Phi) is 4.33. The van der Waals surface area contributed by atoms with E-state index in [0.717, 1.165) is 5.69 Å². The Morgan fingerprint density at radius 2 is 2.00 bits per heavy atom. The normalized spacial score (nSPS) is 10.3. The lowest BCUT2D eigenvalue weighted by atomic mass is 10.2. The van der Waals surface area contributed by atoms with E-state index in [1.165, 1.54) is 12.3 Å². The third-order valence-electron chi connectivity index (χ3n) is 2.99. The van der Waals surface area contributed by atoms with Crippen molar-refractivity contribution < 1.29 is 4.79 Å².